The summed E-state index contributed by atoms with van der Waals surface area (Å²) >= 11 is 0. The van der Waals surface area contributed by atoms with E-state index in [1.54, 1.807) is 0 Å². The fourth-order valence-electron chi connectivity index (χ4n) is 3.92. The molecule has 2 aromatic carbocycles. The summed E-state index contributed by atoms with van der Waals surface area (Å²) < 4.78 is 0. The Morgan fingerprint density at radius 1 is 0.963 bits per heavy atom. The molecule has 0 spiro atoms. The molecule has 2 rings (SSSR count). The molecule has 2 aromatic rings. The SMILES string of the molecule is CC(C)N(CC[C@H](c1ccccc1)c1cc(CCCN)ccc1O)C(C)C. The van der Waals surface area contributed by atoms with Gasteiger partial charge in [0.05, 0.1) is 0 Å². The lowest BCUT2D eigenvalue weighted by Crippen LogP contribution is -2.38. The zero-order chi connectivity index (χ0) is 19.8. The van der Waals surface area contributed by atoms with Gasteiger partial charge in [-0.2, -0.15) is 0 Å². The Labute approximate surface area is 165 Å². The normalized spacial score (nSPS) is 12.9. The summed E-state index contributed by atoms with van der Waals surface area (Å²) in [7, 11) is 0. The first-order valence-electron chi connectivity index (χ1n) is 10.3. The Morgan fingerprint density at radius 3 is 2.22 bits per heavy atom. The molecule has 0 saturated heterocycles. The van der Waals surface area contributed by atoms with Crippen LogP contribution in [0.5, 0.6) is 5.75 Å². The second-order valence-electron chi connectivity index (χ2n) is 7.96. The summed E-state index contributed by atoms with van der Waals surface area (Å²) in [6.07, 6.45) is 2.90. The molecule has 0 unspecified atom stereocenters. The molecule has 0 saturated carbocycles. The van der Waals surface area contributed by atoms with Crippen molar-refractivity contribution in [2.75, 3.05) is 13.1 Å². The quantitative estimate of drug-likeness (QED) is 0.625. The van der Waals surface area contributed by atoms with E-state index in [-0.39, 0.29) is 5.92 Å². The molecule has 0 radical (unpaired) electrons. The van der Waals surface area contributed by atoms with Gasteiger partial charge in [0.15, 0.2) is 0 Å². The first-order chi connectivity index (χ1) is 12.9. The van der Waals surface area contributed by atoms with E-state index < -0.39 is 0 Å². The van der Waals surface area contributed by atoms with Crippen LogP contribution in [0.1, 0.15) is 63.1 Å². The maximum Gasteiger partial charge on any atom is 0.119 e. The molecule has 3 N–H and O–H groups in total. The minimum atomic E-state index is 0.184. The van der Waals surface area contributed by atoms with Crippen LogP contribution in [-0.2, 0) is 6.42 Å². The molecule has 1 atom stereocenters. The zero-order valence-corrected chi connectivity index (χ0v) is 17.4. The van der Waals surface area contributed by atoms with Crippen molar-refractivity contribution in [1.82, 2.24) is 4.90 Å². The van der Waals surface area contributed by atoms with E-state index in [1.165, 1.54) is 11.1 Å². The van der Waals surface area contributed by atoms with Crippen LogP contribution >= 0.6 is 0 Å². The Hall–Kier alpha value is -1.84. The summed E-state index contributed by atoms with van der Waals surface area (Å²) in [6.45, 7) is 10.7. The zero-order valence-electron chi connectivity index (χ0n) is 17.4. The highest BCUT2D eigenvalue weighted by molar-refractivity contribution is 5.43. The van der Waals surface area contributed by atoms with Gasteiger partial charge in [0, 0.05) is 23.6 Å². The summed E-state index contributed by atoms with van der Waals surface area (Å²) in [6, 6.07) is 17.6. The number of phenolic OH excluding ortho intramolecular Hbond substituents is 1. The maximum absolute atomic E-state index is 10.6. The molecule has 0 amide bonds. The average Bonchev–Trinajstić information content (AvgIpc) is 2.65. The van der Waals surface area contributed by atoms with Crippen molar-refractivity contribution >= 4 is 0 Å². The molecule has 3 nitrogen and oxygen atoms in total. The first-order valence-corrected chi connectivity index (χ1v) is 10.3. The van der Waals surface area contributed by atoms with E-state index in [1.807, 2.05) is 18.2 Å². The third-order valence-electron chi connectivity index (χ3n) is 5.34. The standard InChI is InChI=1S/C24H36N2O/c1-18(2)26(19(3)4)16-14-22(21-10-6-5-7-11-21)23-17-20(9-8-15-25)12-13-24(23)27/h5-7,10-13,17-19,22,27H,8-9,14-16,25H2,1-4H3/t22-/m1/s1. The molecule has 0 fully saturated rings. The molecule has 0 aliphatic heterocycles. The van der Waals surface area contributed by atoms with E-state index in [4.69, 9.17) is 5.73 Å². The second-order valence-corrected chi connectivity index (χ2v) is 7.96. The number of hydrogen-bond donors (Lipinski definition) is 2. The molecule has 0 aromatic heterocycles. The minimum absolute atomic E-state index is 0.184. The van der Waals surface area contributed by atoms with Crippen LogP contribution < -0.4 is 5.73 Å². The summed E-state index contributed by atoms with van der Waals surface area (Å²) in [5.74, 6) is 0.574. The predicted octanol–water partition coefficient (Wildman–Crippen LogP) is 4.92. The lowest BCUT2D eigenvalue weighted by atomic mass is 9.86. The van der Waals surface area contributed by atoms with Crippen molar-refractivity contribution in [3.8, 4) is 5.75 Å². The van der Waals surface area contributed by atoms with E-state index >= 15 is 0 Å². The number of nitrogens with zero attached hydrogens (tertiary/aromatic N) is 1. The van der Waals surface area contributed by atoms with Crippen molar-refractivity contribution < 1.29 is 5.11 Å². The van der Waals surface area contributed by atoms with Crippen LogP contribution in [-0.4, -0.2) is 35.2 Å². The molecule has 0 aliphatic rings. The fourth-order valence-corrected chi connectivity index (χ4v) is 3.92. The van der Waals surface area contributed by atoms with Gasteiger partial charge in [-0.1, -0.05) is 42.5 Å². The third-order valence-corrected chi connectivity index (χ3v) is 5.34. The molecular weight excluding hydrogens is 332 g/mol. The monoisotopic (exact) mass is 368 g/mol. The Balaban J connectivity index is 2.33. The second kappa shape index (κ2) is 10.5. The first kappa shape index (κ1) is 21.5. The van der Waals surface area contributed by atoms with Crippen molar-refractivity contribution in [3.05, 3.63) is 65.2 Å². The molecular formula is C24H36N2O. The van der Waals surface area contributed by atoms with Crippen molar-refractivity contribution in [2.45, 2.75) is 65.0 Å². The number of hydrogen-bond acceptors (Lipinski definition) is 3. The van der Waals surface area contributed by atoms with Crippen LogP contribution in [0.3, 0.4) is 0 Å². The average molecular weight is 369 g/mol. The van der Waals surface area contributed by atoms with E-state index in [0.29, 0.717) is 24.4 Å². The van der Waals surface area contributed by atoms with Crippen LogP contribution in [0.25, 0.3) is 0 Å². The van der Waals surface area contributed by atoms with Crippen LogP contribution in [0.2, 0.25) is 0 Å². The summed E-state index contributed by atoms with van der Waals surface area (Å²) in [5, 5.41) is 10.6. The lowest BCUT2D eigenvalue weighted by molar-refractivity contribution is 0.170. The van der Waals surface area contributed by atoms with Crippen LogP contribution in [0.4, 0.5) is 0 Å². The van der Waals surface area contributed by atoms with Gasteiger partial charge in [0.25, 0.3) is 0 Å². The van der Waals surface area contributed by atoms with Crippen molar-refractivity contribution in [3.63, 3.8) is 0 Å². The molecule has 0 aliphatic carbocycles. The molecule has 0 heterocycles. The highest BCUT2D eigenvalue weighted by atomic mass is 16.3. The van der Waals surface area contributed by atoms with E-state index in [0.717, 1.165) is 31.4 Å². The van der Waals surface area contributed by atoms with Crippen molar-refractivity contribution in [2.24, 2.45) is 5.73 Å². The number of aryl methyl sites for hydroxylation is 1. The highest BCUT2D eigenvalue weighted by Crippen LogP contribution is 2.35. The van der Waals surface area contributed by atoms with Crippen LogP contribution in [0.15, 0.2) is 48.5 Å². The van der Waals surface area contributed by atoms with Gasteiger partial charge in [-0.05, 0) is 77.2 Å². The topological polar surface area (TPSA) is 49.5 Å². The number of aromatic hydroxyl groups is 1. The minimum Gasteiger partial charge on any atom is -0.508 e. The van der Waals surface area contributed by atoms with Gasteiger partial charge < -0.3 is 10.8 Å². The highest BCUT2D eigenvalue weighted by Gasteiger charge is 2.21. The fraction of sp³-hybridized carbons (Fsp3) is 0.500. The van der Waals surface area contributed by atoms with Gasteiger partial charge in [0.2, 0.25) is 0 Å². The number of benzene rings is 2. The molecule has 27 heavy (non-hydrogen) atoms. The predicted molar refractivity (Wildman–Crippen MR) is 115 cm³/mol. The number of phenols is 1. The molecule has 0 bridgehead atoms. The van der Waals surface area contributed by atoms with E-state index in [2.05, 4.69) is 62.9 Å². The van der Waals surface area contributed by atoms with Gasteiger partial charge in [0.1, 0.15) is 5.75 Å². The Morgan fingerprint density at radius 2 is 1.63 bits per heavy atom. The summed E-state index contributed by atoms with van der Waals surface area (Å²) in [4.78, 5) is 2.52. The van der Waals surface area contributed by atoms with Crippen molar-refractivity contribution in [1.29, 1.82) is 0 Å². The van der Waals surface area contributed by atoms with Gasteiger partial charge in [-0.25, -0.2) is 0 Å². The summed E-state index contributed by atoms with van der Waals surface area (Å²) in [5.41, 5.74) is 9.22. The molecule has 148 valence electrons. The molecule has 3 heteroatoms. The van der Waals surface area contributed by atoms with Crippen LogP contribution in [0, 0.1) is 0 Å². The number of nitrogens with two attached hydrogens (primary N) is 1. The third kappa shape index (κ3) is 6.08. The largest absolute Gasteiger partial charge is 0.508 e. The lowest BCUT2D eigenvalue weighted by Gasteiger charge is -2.32. The smallest absolute Gasteiger partial charge is 0.119 e. The maximum atomic E-state index is 10.6. The van der Waals surface area contributed by atoms with Gasteiger partial charge in [-0.15, -0.1) is 0 Å². The van der Waals surface area contributed by atoms with Gasteiger partial charge >= 0.3 is 0 Å². The number of rotatable bonds is 10. The Kier molecular flexibility index (Phi) is 8.33. The van der Waals surface area contributed by atoms with E-state index in [9.17, 15) is 5.11 Å². The Bertz CT molecular complexity index is 674. The van der Waals surface area contributed by atoms with Gasteiger partial charge in [-0.3, -0.25) is 4.90 Å².